The maximum atomic E-state index is 15.3. The van der Waals surface area contributed by atoms with Gasteiger partial charge in [0.15, 0.2) is 0 Å². The van der Waals surface area contributed by atoms with Gasteiger partial charge in [-0.15, -0.1) is 11.3 Å². The number of imide groups is 1. The van der Waals surface area contributed by atoms with Gasteiger partial charge in [-0.05, 0) is 54.9 Å². The quantitative estimate of drug-likeness (QED) is 0.481. The van der Waals surface area contributed by atoms with Crippen molar-refractivity contribution in [2.24, 2.45) is 0 Å². The van der Waals surface area contributed by atoms with Gasteiger partial charge >= 0.3 is 6.09 Å². The molecule has 196 valence electrons. The Bertz CT molecular complexity index is 1500. The normalized spacial score (nSPS) is 22.7. The molecule has 3 aromatic rings. The Morgan fingerprint density at radius 1 is 1.24 bits per heavy atom. The third-order valence-electron chi connectivity index (χ3n) is 7.70. The summed E-state index contributed by atoms with van der Waals surface area (Å²) in [5.41, 5.74) is 5.70. The van der Waals surface area contributed by atoms with E-state index in [1.54, 1.807) is 17.4 Å². The Hall–Kier alpha value is -3.86. The van der Waals surface area contributed by atoms with Crippen molar-refractivity contribution in [3.05, 3.63) is 63.4 Å². The minimum Gasteiger partial charge on any atom is -0.445 e. The average molecular weight is 537 g/mol. The Labute approximate surface area is 221 Å². The number of benzene rings is 2. The molecular weight excluding hydrogens is 511 g/mol. The highest BCUT2D eigenvalue weighted by Gasteiger charge is 2.41. The number of aryl methyl sites for hydroxylation is 1. The lowest BCUT2D eigenvalue weighted by Gasteiger charge is -2.36. The average Bonchev–Trinajstić information content (AvgIpc) is 3.46. The number of thiazole rings is 1. The molecule has 38 heavy (non-hydrogen) atoms. The third-order valence-corrected chi connectivity index (χ3v) is 8.49. The highest BCUT2D eigenvalue weighted by molar-refractivity contribution is 7.16. The zero-order chi connectivity index (χ0) is 26.6. The number of halogens is 1. The first-order chi connectivity index (χ1) is 18.3. The predicted octanol–water partition coefficient (Wildman–Crippen LogP) is 3.68. The summed E-state index contributed by atoms with van der Waals surface area (Å²) in [4.78, 5) is 54.8. The molecule has 3 aliphatic rings. The molecule has 3 heterocycles. The fourth-order valence-corrected chi connectivity index (χ4v) is 6.35. The third kappa shape index (κ3) is 4.20. The molecule has 11 heteroatoms. The summed E-state index contributed by atoms with van der Waals surface area (Å²) in [5.74, 6) is -2.00. The van der Waals surface area contributed by atoms with E-state index >= 15 is 4.39 Å². The van der Waals surface area contributed by atoms with Crippen molar-refractivity contribution in [1.29, 1.82) is 0 Å². The maximum Gasteiger partial charge on any atom is 0.407 e. The van der Waals surface area contributed by atoms with Gasteiger partial charge in [-0.1, -0.05) is 18.2 Å². The first kappa shape index (κ1) is 24.5. The van der Waals surface area contributed by atoms with Crippen molar-refractivity contribution >= 4 is 45.4 Å². The first-order valence-electron chi connectivity index (χ1n) is 12.5. The highest BCUT2D eigenvalue weighted by Crippen LogP contribution is 2.42. The van der Waals surface area contributed by atoms with Gasteiger partial charge in [0, 0.05) is 24.6 Å². The van der Waals surface area contributed by atoms with Crippen LogP contribution in [-0.4, -0.2) is 45.8 Å². The molecule has 0 bridgehead atoms. The largest absolute Gasteiger partial charge is 0.445 e. The Morgan fingerprint density at radius 3 is 2.84 bits per heavy atom. The highest BCUT2D eigenvalue weighted by atomic mass is 32.1. The number of nitrogens with zero attached hydrogens (tertiary/aromatic N) is 2. The van der Waals surface area contributed by atoms with Crippen molar-refractivity contribution in [2.45, 2.75) is 63.8 Å². The van der Waals surface area contributed by atoms with Crippen LogP contribution in [0.4, 0.5) is 9.18 Å². The number of ether oxygens (including phenoxy) is 1. The molecule has 1 saturated heterocycles. The van der Waals surface area contributed by atoms with Crippen LogP contribution in [0.1, 0.15) is 64.2 Å². The van der Waals surface area contributed by atoms with E-state index < -0.39 is 29.8 Å². The number of aromatic nitrogens is 1. The van der Waals surface area contributed by atoms with Crippen LogP contribution in [0.3, 0.4) is 0 Å². The zero-order valence-corrected chi connectivity index (χ0v) is 21.4. The summed E-state index contributed by atoms with van der Waals surface area (Å²) < 4.78 is 21.7. The number of amides is 4. The SMILES string of the molecule is Cc1ccc2scnc2c1C1CC(NC(=O)OCc2ccc3c(c2F)C(=O)N(C2CCC(=O)NC2=O)C3)C1. The Balaban J connectivity index is 1.05. The van der Waals surface area contributed by atoms with Crippen LogP contribution in [-0.2, 0) is 27.5 Å². The maximum absolute atomic E-state index is 15.3. The molecular formula is C27H25FN4O5S. The monoisotopic (exact) mass is 536 g/mol. The van der Waals surface area contributed by atoms with E-state index in [0.717, 1.165) is 23.1 Å². The van der Waals surface area contributed by atoms with Crippen LogP contribution in [0.5, 0.6) is 0 Å². The van der Waals surface area contributed by atoms with E-state index in [-0.39, 0.29) is 49.1 Å². The van der Waals surface area contributed by atoms with Crippen molar-refractivity contribution in [1.82, 2.24) is 20.5 Å². The van der Waals surface area contributed by atoms with Crippen LogP contribution in [0.25, 0.3) is 10.2 Å². The summed E-state index contributed by atoms with van der Waals surface area (Å²) in [6.45, 7) is 1.82. The standard InChI is InChI=1S/C27H25FN4O5S/c1-13-2-6-19-24(29-12-38-19)21(13)16-8-17(9-16)30-27(36)37-11-15-4-3-14-10-32(26(35)22(14)23(15)28)18-5-7-20(33)31-25(18)34/h2-4,6,12,16-18H,5,7-11H2,1H3,(H,30,36)(H,31,33,34). The zero-order valence-electron chi connectivity index (χ0n) is 20.6. The number of carbonyl (C=O) groups excluding carboxylic acids is 4. The molecule has 1 saturated carbocycles. The lowest BCUT2D eigenvalue weighted by Crippen LogP contribution is -2.52. The van der Waals surface area contributed by atoms with Gasteiger partial charge in [-0.3, -0.25) is 19.7 Å². The van der Waals surface area contributed by atoms with E-state index in [2.05, 4.69) is 34.7 Å². The second-order valence-corrected chi connectivity index (χ2v) is 10.9. The Morgan fingerprint density at radius 2 is 2.05 bits per heavy atom. The number of carbonyl (C=O) groups is 4. The fraction of sp³-hybridized carbons (Fsp3) is 0.370. The number of hydrogen-bond donors (Lipinski definition) is 2. The van der Waals surface area contributed by atoms with Gasteiger partial charge in [0.05, 0.1) is 21.3 Å². The van der Waals surface area contributed by atoms with Crippen LogP contribution >= 0.6 is 11.3 Å². The molecule has 1 unspecified atom stereocenters. The number of alkyl carbamates (subject to hydrolysis) is 1. The number of nitrogens with one attached hydrogen (secondary N) is 2. The van der Waals surface area contributed by atoms with Gasteiger partial charge in [-0.25, -0.2) is 14.2 Å². The molecule has 2 aromatic carbocycles. The number of fused-ring (bicyclic) bond motifs is 2. The summed E-state index contributed by atoms with van der Waals surface area (Å²) in [6.07, 6.45) is 1.21. The van der Waals surface area contributed by atoms with E-state index in [1.165, 1.54) is 22.1 Å². The number of hydrogen-bond acceptors (Lipinski definition) is 7. The van der Waals surface area contributed by atoms with E-state index in [0.29, 0.717) is 11.5 Å². The van der Waals surface area contributed by atoms with Crippen LogP contribution in [0.15, 0.2) is 29.8 Å². The Kier molecular flexibility index (Phi) is 6.10. The van der Waals surface area contributed by atoms with E-state index in [4.69, 9.17) is 4.74 Å². The van der Waals surface area contributed by atoms with Crippen LogP contribution in [0.2, 0.25) is 0 Å². The molecule has 2 aliphatic heterocycles. The molecule has 0 spiro atoms. The van der Waals surface area contributed by atoms with Gasteiger partial charge < -0.3 is 15.0 Å². The number of rotatable bonds is 5. The summed E-state index contributed by atoms with van der Waals surface area (Å²) in [6, 6.07) is 6.40. The summed E-state index contributed by atoms with van der Waals surface area (Å²) >= 11 is 1.61. The fourth-order valence-electron chi connectivity index (χ4n) is 5.66. The van der Waals surface area contributed by atoms with Crippen molar-refractivity contribution in [3.8, 4) is 0 Å². The van der Waals surface area contributed by atoms with E-state index in [9.17, 15) is 19.2 Å². The van der Waals surface area contributed by atoms with Crippen molar-refractivity contribution in [3.63, 3.8) is 0 Å². The van der Waals surface area contributed by atoms with Gasteiger partial charge in [0.1, 0.15) is 18.5 Å². The molecule has 1 atom stereocenters. The van der Waals surface area contributed by atoms with Crippen LogP contribution < -0.4 is 10.6 Å². The topological polar surface area (TPSA) is 118 Å². The molecule has 4 amide bonds. The van der Waals surface area contributed by atoms with Crippen LogP contribution in [0, 0.1) is 12.7 Å². The second kappa shape index (κ2) is 9.46. The molecule has 2 fully saturated rings. The van der Waals surface area contributed by atoms with Crippen molar-refractivity contribution in [2.75, 3.05) is 0 Å². The van der Waals surface area contributed by atoms with Gasteiger partial charge in [-0.2, -0.15) is 0 Å². The second-order valence-electron chi connectivity index (χ2n) is 10.1. The minimum absolute atomic E-state index is 0.0469. The van der Waals surface area contributed by atoms with Gasteiger partial charge in [0.25, 0.3) is 5.91 Å². The lowest BCUT2D eigenvalue weighted by atomic mass is 9.74. The molecule has 2 N–H and O–H groups in total. The molecule has 1 aliphatic carbocycles. The first-order valence-corrected chi connectivity index (χ1v) is 13.4. The van der Waals surface area contributed by atoms with E-state index in [1.807, 2.05) is 5.51 Å². The number of piperidine rings is 1. The summed E-state index contributed by atoms with van der Waals surface area (Å²) in [5, 5.41) is 5.06. The molecule has 6 rings (SSSR count). The minimum atomic E-state index is -0.824. The molecule has 0 radical (unpaired) electrons. The predicted molar refractivity (Wildman–Crippen MR) is 136 cm³/mol. The molecule has 1 aromatic heterocycles. The smallest absolute Gasteiger partial charge is 0.407 e. The molecule has 9 nitrogen and oxygen atoms in total. The lowest BCUT2D eigenvalue weighted by molar-refractivity contribution is -0.136. The van der Waals surface area contributed by atoms with Crippen molar-refractivity contribution < 1.29 is 28.3 Å². The van der Waals surface area contributed by atoms with Gasteiger partial charge in [0.2, 0.25) is 11.8 Å². The summed E-state index contributed by atoms with van der Waals surface area (Å²) in [7, 11) is 0.